The number of hydrogen-bond acceptors (Lipinski definition) is 1. The van der Waals surface area contributed by atoms with Gasteiger partial charge < -0.3 is 0 Å². The van der Waals surface area contributed by atoms with E-state index in [4.69, 9.17) is 4.11 Å². The van der Waals surface area contributed by atoms with Crippen LogP contribution < -0.4 is 0 Å². The molecule has 1 heterocycles. The molecule has 0 aliphatic rings. The third kappa shape index (κ3) is 3.25. The molecule has 1 aromatic heterocycles. The molecule has 1 unspecified atom stereocenters. The first kappa shape index (κ1) is 11.2. The fourth-order valence-electron chi connectivity index (χ4n) is 2.64. The minimum atomic E-state index is -1.97. The lowest BCUT2D eigenvalue weighted by Crippen LogP contribution is -1.99. The van der Waals surface area contributed by atoms with E-state index in [9.17, 15) is 0 Å². The van der Waals surface area contributed by atoms with Crippen LogP contribution in [-0.4, -0.2) is 4.98 Å². The quantitative estimate of drug-likeness (QED) is 0.608. The maximum atomic E-state index is 7.70. The molecule has 2 aromatic carbocycles. The van der Waals surface area contributed by atoms with Crippen LogP contribution in [0.3, 0.4) is 0 Å². The highest BCUT2D eigenvalue weighted by Crippen LogP contribution is 2.28. The number of pyridine rings is 1. The van der Waals surface area contributed by atoms with Crippen LogP contribution in [0.5, 0.6) is 0 Å². The fraction of sp³-hybridized carbons (Fsp3) is 0.190. The summed E-state index contributed by atoms with van der Waals surface area (Å²) >= 11 is 0. The zero-order valence-corrected chi connectivity index (χ0v) is 12.7. The molecule has 22 heavy (non-hydrogen) atoms. The lowest BCUT2D eigenvalue weighted by Gasteiger charge is -2.13. The average molecular weight is 290 g/mol. The zero-order valence-electron chi connectivity index (χ0n) is 15.7. The van der Waals surface area contributed by atoms with Crippen LogP contribution in [0, 0.1) is 5.92 Å². The SMILES string of the molecule is [2H]C([2H])([2H])C(C)Cc1cc(-c2ccccc2)ncc1-c1ccccc1. The summed E-state index contributed by atoms with van der Waals surface area (Å²) in [5, 5.41) is 0. The van der Waals surface area contributed by atoms with Gasteiger partial charge in [0.05, 0.1) is 5.69 Å². The molecule has 0 fully saturated rings. The van der Waals surface area contributed by atoms with Crippen molar-refractivity contribution < 1.29 is 4.11 Å². The van der Waals surface area contributed by atoms with Gasteiger partial charge in [0.1, 0.15) is 0 Å². The Hall–Kier alpha value is -2.41. The van der Waals surface area contributed by atoms with Gasteiger partial charge in [-0.1, -0.05) is 74.4 Å². The highest BCUT2D eigenvalue weighted by atomic mass is 14.7. The number of rotatable bonds is 4. The predicted octanol–water partition coefficient (Wildman–Crippen LogP) is 5.61. The van der Waals surface area contributed by atoms with Gasteiger partial charge in [0.15, 0.2) is 0 Å². The Morgan fingerprint density at radius 1 is 0.955 bits per heavy atom. The molecule has 0 bridgehead atoms. The molecule has 0 radical (unpaired) electrons. The lowest BCUT2D eigenvalue weighted by molar-refractivity contribution is 0.648. The highest BCUT2D eigenvalue weighted by molar-refractivity contribution is 5.70. The van der Waals surface area contributed by atoms with Crippen LogP contribution in [0.2, 0.25) is 0 Å². The summed E-state index contributed by atoms with van der Waals surface area (Å²) in [5.41, 5.74) is 4.97. The predicted molar refractivity (Wildman–Crippen MR) is 93.7 cm³/mol. The summed E-state index contributed by atoms with van der Waals surface area (Å²) < 4.78 is 23.1. The molecule has 1 heteroatoms. The molecule has 1 atom stereocenters. The van der Waals surface area contributed by atoms with E-state index < -0.39 is 12.8 Å². The molecule has 3 rings (SSSR count). The zero-order chi connectivity index (χ0) is 17.9. The summed E-state index contributed by atoms with van der Waals surface area (Å²) in [4.78, 5) is 4.61. The minimum absolute atomic E-state index is 0.416. The van der Waals surface area contributed by atoms with Gasteiger partial charge in [-0.15, -0.1) is 0 Å². The van der Waals surface area contributed by atoms with Gasteiger partial charge in [0.2, 0.25) is 0 Å². The van der Waals surface area contributed by atoms with Crippen LogP contribution in [0.4, 0.5) is 0 Å². The van der Waals surface area contributed by atoms with Gasteiger partial charge in [0, 0.05) is 21.4 Å². The first-order chi connectivity index (χ1) is 11.9. The van der Waals surface area contributed by atoms with Gasteiger partial charge in [-0.3, -0.25) is 4.98 Å². The largest absolute Gasteiger partial charge is 0.256 e. The average Bonchev–Trinajstić information content (AvgIpc) is 2.62. The van der Waals surface area contributed by atoms with Gasteiger partial charge >= 0.3 is 0 Å². The van der Waals surface area contributed by atoms with Crippen molar-refractivity contribution in [3.8, 4) is 22.4 Å². The second-order valence-electron chi connectivity index (χ2n) is 5.56. The van der Waals surface area contributed by atoms with E-state index in [-0.39, 0.29) is 0 Å². The van der Waals surface area contributed by atoms with E-state index >= 15 is 0 Å². The monoisotopic (exact) mass is 290 g/mol. The molecular weight excluding hydrogens is 266 g/mol. The Morgan fingerprint density at radius 3 is 2.23 bits per heavy atom. The Labute approximate surface area is 136 Å². The van der Waals surface area contributed by atoms with Crippen LogP contribution >= 0.6 is 0 Å². The van der Waals surface area contributed by atoms with Crippen LogP contribution in [0.1, 0.15) is 23.5 Å². The van der Waals surface area contributed by atoms with Gasteiger partial charge in [-0.2, -0.15) is 0 Å². The number of hydrogen-bond donors (Lipinski definition) is 0. The van der Waals surface area contributed by atoms with Crippen molar-refractivity contribution >= 4 is 0 Å². The van der Waals surface area contributed by atoms with Crippen molar-refractivity contribution in [3.05, 3.63) is 78.5 Å². The molecular formula is C21H21N. The van der Waals surface area contributed by atoms with E-state index in [2.05, 4.69) is 4.98 Å². The second kappa shape index (κ2) is 6.57. The first-order valence-corrected chi connectivity index (χ1v) is 7.55. The van der Waals surface area contributed by atoms with Gasteiger partial charge in [-0.25, -0.2) is 0 Å². The van der Waals surface area contributed by atoms with Crippen LogP contribution in [0.25, 0.3) is 22.4 Å². The summed E-state index contributed by atoms with van der Waals surface area (Å²) in [6.45, 7) is -0.186. The molecule has 0 spiro atoms. The van der Waals surface area contributed by atoms with Crippen molar-refractivity contribution in [2.24, 2.45) is 5.92 Å². The second-order valence-corrected chi connectivity index (χ2v) is 5.56. The van der Waals surface area contributed by atoms with E-state index in [1.54, 1.807) is 6.92 Å². The fourth-order valence-corrected chi connectivity index (χ4v) is 2.64. The van der Waals surface area contributed by atoms with Crippen LogP contribution in [-0.2, 0) is 6.42 Å². The molecule has 3 aromatic rings. The van der Waals surface area contributed by atoms with Gasteiger partial charge in [0.25, 0.3) is 0 Å². The number of aromatic nitrogens is 1. The van der Waals surface area contributed by atoms with Crippen molar-refractivity contribution in [1.29, 1.82) is 0 Å². The van der Waals surface area contributed by atoms with E-state index in [0.29, 0.717) is 6.42 Å². The molecule has 0 saturated heterocycles. The molecule has 0 amide bonds. The van der Waals surface area contributed by atoms with Crippen molar-refractivity contribution in [3.63, 3.8) is 0 Å². The molecule has 0 saturated carbocycles. The molecule has 1 nitrogen and oxygen atoms in total. The Balaban J connectivity index is 2.06. The summed E-state index contributed by atoms with van der Waals surface area (Å²) in [7, 11) is 0. The Bertz CT molecular complexity index is 827. The molecule has 0 aliphatic carbocycles. The molecule has 110 valence electrons. The summed E-state index contributed by atoms with van der Waals surface area (Å²) in [6, 6.07) is 22.0. The summed E-state index contributed by atoms with van der Waals surface area (Å²) in [5.74, 6) is -0.416. The lowest BCUT2D eigenvalue weighted by atomic mass is 9.94. The van der Waals surface area contributed by atoms with E-state index in [0.717, 1.165) is 27.9 Å². The van der Waals surface area contributed by atoms with E-state index in [1.165, 1.54) is 0 Å². The maximum Gasteiger partial charge on any atom is 0.0705 e. The third-order valence-corrected chi connectivity index (χ3v) is 3.67. The Kier molecular flexibility index (Phi) is 3.34. The number of benzene rings is 2. The standard InChI is InChI=1S/C21H21N/c1-16(2)13-19-14-21(18-11-7-4-8-12-18)22-15-20(19)17-9-5-3-6-10-17/h3-12,14-16H,13H2,1-2H3/i1D3. The van der Waals surface area contributed by atoms with Crippen molar-refractivity contribution in [2.45, 2.75) is 20.2 Å². The van der Waals surface area contributed by atoms with Crippen molar-refractivity contribution in [2.75, 3.05) is 0 Å². The third-order valence-electron chi connectivity index (χ3n) is 3.67. The maximum absolute atomic E-state index is 7.70. The minimum Gasteiger partial charge on any atom is -0.256 e. The summed E-state index contributed by atoms with van der Waals surface area (Å²) in [6.07, 6.45) is 2.35. The topological polar surface area (TPSA) is 12.9 Å². The van der Waals surface area contributed by atoms with Crippen LogP contribution in [0.15, 0.2) is 72.9 Å². The van der Waals surface area contributed by atoms with Crippen molar-refractivity contribution in [1.82, 2.24) is 4.98 Å². The Morgan fingerprint density at radius 2 is 1.59 bits per heavy atom. The van der Waals surface area contributed by atoms with Gasteiger partial charge in [-0.05, 0) is 29.5 Å². The normalized spacial score (nSPS) is 14.7. The van der Waals surface area contributed by atoms with E-state index in [1.807, 2.05) is 72.9 Å². The first-order valence-electron chi connectivity index (χ1n) is 9.05. The number of nitrogens with zero attached hydrogens (tertiary/aromatic N) is 1. The molecule has 0 aliphatic heterocycles. The molecule has 0 N–H and O–H groups in total. The highest BCUT2D eigenvalue weighted by Gasteiger charge is 2.10. The smallest absolute Gasteiger partial charge is 0.0705 e.